The van der Waals surface area contributed by atoms with Crippen molar-refractivity contribution in [2.45, 2.75) is 64.8 Å². The molecule has 1 fully saturated rings. The van der Waals surface area contributed by atoms with Gasteiger partial charge in [-0.25, -0.2) is 8.78 Å². The van der Waals surface area contributed by atoms with Gasteiger partial charge >= 0.3 is 13.1 Å². The molecule has 1 N–H and O–H groups in total. The Morgan fingerprint density at radius 2 is 1.68 bits per heavy atom. The molecule has 0 aromatic heterocycles. The molecule has 1 aromatic rings. The molecule has 2 rings (SSSR count). The summed E-state index contributed by atoms with van der Waals surface area (Å²) in [6.07, 6.45) is -0.633. The molecule has 25 heavy (non-hydrogen) atoms. The zero-order valence-electron chi connectivity index (χ0n) is 15.1. The van der Waals surface area contributed by atoms with E-state index >= 15 is 0 Å². The minimum Gasteiger partial charge on any atom is -0.485 e. The standard InChI is InChI=1S/C17H23BF2O5/c1-10(6-7-14(21)22)23-15-12(19)8-11(9-13(15)20)18-24-16(2,3)17(4,5)25-18/h8-10H,6-7H2,1-5H3,(H,21,22)/t10-/m0/s1. The maximum absolute atomic E-state index is 14.3. The molecular weight excluding hydrogens is 333 g/mol. The zero-order valence-corrected chi connectivity index (χ0v) is 15.1. The van der Waals surface area contributed by atoms with E-state index in [2.05, 4.69) is 0 Å². The summed E-state index contributed by atoms with van der Waals surface area (Å²) in [5.41, 5.74) is -1.02. The van der Waals surface area contributed by atoms with Crippen LogP contribution in [0.25, 0.3) is 0 Å². The fourth-order valence-electron chi connectivity index (χ4n) is 2.39. The number of benzene rings is 1. The molecule has 8 heteroatoms. The second-order valence-electron chi connectivity index (χ2n) is 7.26. The maximum Gasteiger partial charge on any atom is 0.495 e. The van der Waals surface area contributed by atoms with Crippen molar-refractivity contribution in [3.05, 3.63) is 23.8 Å². The predicted octanol–water partition coefficient (Wildman–Crippen LogP) is 2.90. The van der Waals surface area contributed by atoms with Gasteiger partial charge < -0.3 is 19.2 Å². The van der Waals surface area contributed by atoms with Crippen LogP contribution in [0.5, 0.6) is 5.75 Å². The first-order valence-corrected chi connectivity index (χ1v) is 8.16. The highest BCUT2D eigenvalue weighted by Gasteiger charge is 2.52. The highest BCUT2D eigenvalue weighted by atomic mass is 19.1. The molecule has 1 saturated heterocycles. The Labute approximate surface area is 146 Å². The van der Waals surface area contributed by atoms with Gasteiger partial charge in [0.05, 0.1) is 17.3 Å². The first-order valence-electron chi connectivity index (χ1n) is 8.16. The van der Waals surface area contributed by atoms with Gasteiger partial charge in [0.15, 0.2) is 17.4 Å². The van der Waals surface area contributed by atoms with E-state index in [4.69, 9.17) is 19.2 Å². The van der Waals surface area contributed by atoms with Crippen molar-refractivity contribution in [3.8, 4) is 5.75 Å². The van der Waals surface area contributed by atoms with Crippen molar-refractivity contribution in [2.24, 2.45) is 0 Å². The zero-order chi connectivity index (χ0) is 19.0. The third-order valence-electron chi connectivity index (χ3n) is 4.63. The van der Waals surface area contributed by atoms with E-state index in [-0.39, 0.29) is 18.3 Å². The highest BCUT2D eigenvalue weighted by Crippen LogP contribution is 2.37. The topological polar surface area (TPSA) is 65.0 Å². The summed E-state index contributed by atoms with van der Waals surface area (Å²) in [4.78, 5) is 10.6. The van der Waals surface area contributed by atoms with E-state index in [1.807, 2.05) is 27.7 Å². The first-order chi connectivity index (χ1) is 11.4. The van der Waals surface area contributed by atoms with Gasteiger partial charge in [0.1, 0.15) is 0 Å². The van der Waals surface area contributed by atoms with Crippen LogP contribution in [0.2, 0.25) is 0 Å². The van der Waals surface area contributed by atoms with Crippen LogP contribution in [0.15, 0.2) is 12.1 Å². The van der Waals surface area contributed by atoms with Crippen molar-refractivity contribution in [2.75, 3.05) is 0 Å². The average molecular weight is 356 g/mol. The van der Waals surface area contributed by atoms with E-state index in [0.717, 1.165) is 12.1 Å². The highest BCUT2D eigenvalue weighted by molar-refractivity contribution is 6.62. The molecule has 1 aliphatic heterocycles. The van der Waals surface area contributed by atoms with Gasteiger partial charge in [0.25, 0.3) is 0 Å². The summed E-state index contributed by atoms with van der Waals surface area (Å²) in [6.45, 7) is 8.95. The predicted molar refractivity (Wildman–Crippen MR) is 89.0 cm³/mol. The Kier molecular flexibility index (Phi) is 5.44. The van der Waals surface area contributed by atoms with E-state index in [1.165, 1.54) is 0 Å². The third-order valence-corrected chi connectivity index (χ3v) is 4.63. The van der Waals surface area contributed by atoms with Crippen molar-refractivity contribution in [1.82, 2.24) is 0 Å². The second-order valence-corrected chi connectivity index (χ2v) is 7.26. The molecule has 0 amide bonds. The maximum atomic E-state index is 14.3. The number of ether oxygens (including phenoxy) is 1. The van der Waals surface area contributed by atoms with Crippen LogP contribution < -0.4 is 10.2 Å². The van der Waals surface area contributed by atoms with Crippen molar-refractivity contribution in [3.63, 3.8) is 0 Å². The minimum absolute atomic E-state index is 0.142. The van der Waals surface area contributed by atoms with Gasteiger partial charge in [0, 0.05) is 6.42 Å². The molecule has 1 aliphatic rings. The van der Waals surface area contributed by atoms with Crippen LogP contribution in [0, 0.1) is 11.6 Å². The molecule has 1 aromatic carbocycles. The molecule has 0 aliphatic carbocycles. The van der Waals surface area contributed by atoms with Crippen LogP contribution in [-0.4, -0.2) is 35.5 Å². The Morgan fingerprint density at radius 1 is 1.20 bits per heavy atom. The average Bonchev–Trinajstić information content (AvgIpc) is 2.69. The third kappa shape index (κ3) is 4.30. The van der Waals surface area contributed by atoms with Crippen LogP contribution in [0.4, 0.5) is 8.78 Å². The number of rotatable bonds is 6. The molecule has 5 nitrogen and oxygen atoms in total. The van der Waals surface area contributed by atoms with Crippen LogP contribution in [-0.2, 0) is 14.1 Å². The number of hydrogen-bond donors (Lipinski definition) is 1. The van der Waals surface area contributed by atoms with Crippen LogP contribution in [0.1, 0.15) is 47.5 Å². The van der Waals surface area contributed by atoms with Gasteiger partial charge in [-0.1, -0.05) is 0 Å². The molecular formula is C17H23BF2O5. The molecule has 0 unspecified atom stereocenters. The Hall–Kier alpha value is -1.67. The Bertz CT molecular complexity index is 623. The van der Waals surface area contributed by atoms with Crippen LogP contribution in [0.3, 0.4) is 0 Å². The lowest BCUT2D eigenvalue weighted by Gasteiger charge is -2.32. The number of carboxylic acids is 1. The monoisotopic (exact) mass is 356 g/mol. The smallest absolute Gasteiger partial charge is 0.485 e. The van der Waals surface area contributed by atoms with E-state index in [1.54, 1.807) is 6.92 Å². The molecule has 1 atom stereocenters. The lowest BCUT2D eigenvalue weighted by Crippen LogP contribution is -2.41. The summed E-state index contributed by atoms with van der Waals surface area (Å²) in [5, 5.41) is 8.65. The Balaban J connectivity index is 2.17. The summed E-state index contributed by atoms with van der Waals surface area (Å²) in [6, 6.07) is 2.23. The number of aliphatic carboxylic acids is 1. The fraction of sp³-hybridized carbons (Fsp3) is 0.588. The van der Waals surface area contributed by atoms with Crippen molar-refractivity contribution >= 4 is 18.6 Å². The summed E-state index contributed by atoms with van der Waals surface area (Å²) >= 11 is 0. The van der Waals surface area contributed by atoms with Crippen LogP contribution >= 0.6 is 0 Å². The number of carbonyl (C=O) groups is 1. The summed E-state index contributed by atoms with van der Waals surface area (Å²) < 4.78 is 45.4. The number of hydrogen-bond acceptors (Lipinski definition) is 4. The molecule has 0 saturated carbocycles. The first kappa shape index (κ1) is 19.7. The Morgan fingerprint density at radius 3 is 2.12 bits per heavy atom. The lowest BCUT2D eigenvalue weighted by molar-refractivity contribution is -0.137. The molecule has 0 bridgehead atoms. The van der Waals surface area contributed by atoms with E-state index < -0.39 is 47.8 Å². The normalized spacial score (nSPS) is 19.7. The summed E-state index contributed by atoms with van der Waals surface area (Å²) in [7, 11) is -0.882. The minimum atomic E-state index is -0.993. The lowest BCUT2D eigenvalue weighted by atomic mass is 9.79. The quantitative estimate of drug-likeness (QED) is 0.794. The number of carboxylic acid groups (broad SMARTS) is 1. The van der Waals surface area contributed by atoms with Crippen molar-refractivity contribution in [1.29, 1.82) is 0 Å². The van der Waals surface area contributed by atoms with Gasteiger partial charge in [-0.2, -0.15) is 0 Å². The molecule has 138 valence electrons. The van der Waals surface area contributed by atoms with E-state index in [0.29, 0.717) is 0 Å². The van der Waals surface area contributed by atoms with Gasteiger partial charge in [-0.15, -0.1) is 0 Å². The second kappa shape index (κ2) is 6.92. The van der Waals surface area contributed by atoms with Gasteiger partial charge in [-0.05, 0) is 58.6 Å². The largest absolute Gasteiger partial charge is 0.495 e. The van der Waals surface area contributed by atoms with Gasteiger partial charge in [0.2, 0.25) is 0 Å². The number of halogens is 2. The fourth-order valence-corrected chi connectivity index (χ4v) is 2.39. The van der Waals surface area contributed by atoms with E-state index in [9.17, 15) is 13.6 Å². The summed E-state index contributed by atoms with van der Waals surface area (Å²) in [5.74, 6) is -3.29. The van der Waals surface area contributed by atoms with Crippen molar-refractivity contribution < 1.29 is 32.7 Å². The SMILES string of the molecule is C[C@@H](CCC(=O)O)Oc1c(F)cc(B2OC(C)(C)C(C)(C)O2)cc1F. The molecule has 0 radical (unpaired) electrons. The molecule has 0 spiro atoms. The molecule has 1 heterocycles. The van der Waals surface area contributed by atoms with Gasteiger partial charge in [-0.3, -0.25) is 4.79 Å².